The quantitative estimate of drug-likeness (QED) is 0.907. The first kappa shape index (κ1) is 18.0. The first-order valence-corrected chi connectivity index (χ1v) is 8.25. The Morgan fingerprint density at radius 2 is 1.81 bits per heavy atom. The number of carbonyl (C=O) groups excluding carboxylic acids is 2. The zero-order valence-corrected chi connectivity index (χ0v) is 13.8. The molecule has 4 nitrogen and oxygen atoms in total. The molecule has 2 amide bonds. The Balaban J connectivity index is 1.69. The second kappa shape index (κ2) is 7.59. The van der Waals surface area contributed by atoms with E-state index in [4.69, 9.17) is 0 Å². The zero-order chi connectivity index (χ0) is 18.7. The van der Waals surface area contributed by atoms with Gasteiger partial charge in [0.05, 0.1) is 17.2 Å². The number of hydrogen-bond donors (Lipinski definition) is 1. The van der Waals surface area contributed by atoms with Gasteiger partial charge in [0.25, 0.3) is 5.91 Å². The molecular weight excluding hydrogens is 345 g/mol. The number of hydrogen-bond acceptors (Lipinski definition) is 2. The second-order valence-electron chi connectivity index (χ2n) is 6.18. The van der Waals surface area contributed by atoms with Gasteiger partial charge >= 0.3 is 0 Å². The van der Waals surface area contributed by atoms with E-state index in [0.29, 0.717) is 25.5 Å². The van der Waals surface area contributed by atoms with Gasteiger partial charge in [-0.3, -0.25) is 9.59 Å². The van der Waals surface area contributed by atoms with Gasteiger partial charge in [0, 0.05) is 19.2 Å². The van der Waals surface area contributed by atoms with E-state index in [1.807, 2.05) is 0 Å². The smallest absolute Gasteiger partial charge is 0.256 e. The molecule has 1 aliphatic rings. The molecule has 0 spiro atoms. The van der Waals surface area contributed by atoms with E-state index in [1.165, 1.54) is 23.1 Å². The Morgan fingerprint density at radius 3 is 2.54 bits per heavy atom. The summed E-state index contributed by atoms with van der Waals surface area (Å²) in [4.78, 5) is 26.3. The maximum atomic E-state index is 13.8. The highest BCUT2D eigenvalue weighted by Crippen LogP contribution is 2.22. The predicted molar refractivity (Wildman–Crippen MR) is 90.0 cm³/mol. The van der Waals surface area contributed by atoms with E-state index in [9.17, 15) is 22.8 Å². The fourth-order valence-corrected chi connectivity index (χ4v) is 3.01. The molecule has 0 bridgehead atoms. The van der Waals surface area contributed by atoms with Crippen LogP contribution in [0.1, 0.15) is 23.2 Å². The molecule has 136 valence electrons. The second-order valence-corrected chi connectivity index (χ2v) is 6.18. The zero-order valence-electron chi connectivity index (χ0n) is 13.8. The van der Waals surface area contributed by atoms with Crippen LogP contribution < -0.4 is 5.32 Å². The number of halogens is 3. The number of amides is 2. The minimum Gasteiger partial charge on any atom is -0.338 e. The van der Waals surface area contributed by atoms with Crippen molar-refractivity contribution in [2.75, 3.05) is 18.4 Å². The molecule has 26 heavy (non-hydrogen) atoms. The Labute approximate surface area is 148 Å². The summed E-state index contributed by atoms with van der Waals surface area (Å²) in [6.45, 7) is 0.531. The molecule has 2 aromatic carbocycles. The number of rotatable bonds is 3. The van der Waals surface area contributed by atoms with Crippen molar-refractivity contribution in [1.29, 1.82) is 0 Å². The highest BCUT2D eigenvalue weighted by molar-refractivity contribution is 5.96. The van der Waals surface area contributed by atoms with Crippen molar-refractivity contribution in [2.45, 2.75) is 12.8 Å². The van der Waals surface area contributed by atoms with Crippen LogP contribution in [0.4, 0.5) is 18.9 Å². The summed E-state index contributed by atoms with van der Waals surface area (Å²) in [5.41, 5.74) is -0.160. The first-order valence-electron chi connectivity index (χ1n) is 8.25. The van der Waals surface area contributed by atoms with Crippen molar-refractivity contribution in [3.05, 3.63) is 65.5 Å². The summed E-state index contributed by atoms with van der Waals surface area (Å²) >= 11 is 0. The minimum atomic E-state index is -0.867. The van der Waals surface area contributed by atoms with Crippen molar-refractivity contribution in [3.8, 4) is 0 Å². The molecular formula is C19H17F3N2O2. The SMILES string of the molecule is O=C(Nc1ccc(F)cc1F)C1CCCN(C(=O)c2ccccc2F)C1. The molecule has 1 fully saturated rings. The van der Waals surface area contributed by atoms with Crippen LogP contribution in [0.3, 0.4) is 0 Å². The van der Waals surface area contributed by atoms with Crippen LogP contribution in [0, 0.1) is 23.4 Å². The number of nitrogens with zero attached hydrogens (tertiary/aromatic N) is 1. The normalized spacial score (nSPS) is 17.0. The molecule has 0 saturated carbocycles. The average molecular weight is 362 g/mol. The third kappa shape index (κ3) is 3.87. The maximum Gasteiger partial charge on any atom is 0.256 e. The molecule has 1 saturated heterocycles. The van der Waals surface area contributed by atoms with Gasteiger partial charge in [0.15, 0.2) is 0 Å². The molecule has 1 atom stereocenters. The topological polar surface area (TPSA) is 49.4 Å². The van der Waals surface area contributed by atoms with E-state index in [0.717, 1.165) is 12.1 Å². The minimum absolute atomic E-state index is 0.0434. The summed E-state index contributed by atoms with van der Waals surface area (Å²) in [6, 6.07) is 8.55. The van der Waals surface area contributed by atoms with Crippen molar-refractivity contribution >= 4 is 17.5 Å². The number of likely N-dealkylation sites (tertiary alicyclic amines) is 1. The Morgan fingerprint density at radius 1 is 1.04 bits per heavy atom. The van der Waals surface area contributed by atoms with Crippen LogP contribution in [0.15, 0.2) is 42.5 Å². The summed E-state index contributed by atoms with van der Waals surface area (Å²) in [5, 5.41) is 2.43. The summed E-state index contributed by atoms with van der Waals surface area (Å²) in [6.07, 6.45) is 1.10. The van der Waals surface area contributed by atoms with Gasteiger partial charge in [0.2, 0.25) is 5.91 Å². The molecule has 2 aromatic rings. The van der Waals surface area contributed by atoms with Gasteiger partial charge < -0.3 is 10.2 Å². The van der Waals surface area contributed by atoms with Gasteiger partial charge in [-0.15, -0.1) is 0 Å². The van der Waals surface area contributed by atoms with Gasteiger partial charge in [0.1, 0.15) is 17.5 Å². The van der Waals surface area contributed by atoms with E-state index < -0.39 is 35.2 Å². The lowest BCUT2D eigenvalue weighted by Gasteiger charge is -2.32. The number of carbonyl (C=O) groups is 2. The Hall–Kier alpha value is -2.83. The first-order chi connectivity index (χ1) is 12.5. The fraction of sp³-hybridized carbons (Fsp3) is 0.263. The number of piperidine rings is 1. The molecule has 0 aromatic heterocycles. The van der Waals surface area contributed by atoms with Crippen molar-refractivity contribution in [1.82, 2.24) is 4.90 Å². The molecule has 0 aliphatic carbocycles. The van der Waals surface area contributed by atoms with E-state index in [-0.39, 0.29) is 17.8 Å². The number of benzene rings is 2. The van der Waals surface area contributed by atoms with Crippen LogP contribution in [0.2, 0.25) is 0 Å². The monoisotopic (exact) mass is 362 g/mol. The fourth-order valence-electron chi connectivity index (χ4n) is 3.01. The van der Waals surface area contributed by atoms with Crippen LogP contribution in [-0.2, 0) is 4.79 Å². The summed E-state index contributed by atoms with van der Waals surface area (Å²) in [7, 11) is 0. The van der Waals surface area contributed by atoms with Crippen molar-refractivity contribution < 1.29 is 22.8 Å². The van der Waals surface area contributed by atoms with Crippen LogP contribution in [-0.4, -0.2) is 29.8 Å². The Kier molecular flexibility index (Phi) is 5.25. The summed E-state index contributed by atoms with van der Waals surface area (Å²) < 4.78 is 40.4. The predicted octanol–water partition coefficient (Wildman–Crippen LogP) is 3.59. The largest absolute Gasteiger partial charge is 0.338 e. The van der Waals surface area contributed by atoms with E-state index in [1.54, 1.807) is 6.07 Å². The lowest BCUT2D eigenvalue weighted by Crippen LogP contribution is -2.44. The maximum absolute atomic E-state index is 13.8. The van der Waals surface area contributed by atoms with Gasteiger partial charge in [-0.25, -0.2) is 13.2 Å². The number of nitrogens with one attached hydrogen (secondary N) is 1. The molecule has 1 N–H and O–H groups in total. The highest BCUT2D eigenvalue weighted by Gasteiger charge is 2.30. The highest BCUT2D eigenvalue weighted by atomic mass is 19.1. The van der Waals surface area contributed by atoms with E-state index >= 15 is 0 Å². The molecule has 0 radical (unpaired) electrons. The van der Waals surface area contributed by atoms with Crippen LogP contribution in [0.5, 0.6) is 0 Å². The molecule has 3 rings (SSSR count). The number of anilines is 1. The molecule has 1 heterocycles. The summed E-state index contributed by atoms with van der Waals surface area (Å²) in [5.74, 6) is -3.70. The van der Waals surface area contributed by atoms with Gasteiger partial charge in [-0.2, -0.15) is 0 Å². The van der Waals surface area contributed by atoms with Crippen LogP contribution >= 0.6 is 0 Å². The average Bonchev–Trinajstić information content (AvgIpc) is 2.64. The van der Waals surface area contributed by atoms with Crippen molar-refractivity contribution in [3.63, 3.8) is 0 Å². The third-order valence-corrected chi connectivity index (χ3v) is 4.37. The standard InChI is InChI=1S/C19H17F3N2O2/c20-13-7-8-17(16(22)10-13)23-18(25)12-4-3-9-24(11-12)19(26)14-5-1-2-6-15(14)21/h1-2,5-8,10,12H,3-4,9,11H2,(H,23,25). The lowest BCUT2D eigenvalue weighted by molar-refractivity contribution is -0.121. The Bertz CT molecular complexity index is 841. The molecule has 1 unspecified atom stereocenters. The molecule has 1 aliphatic heterocycles. The van der Waals surface area contributed by atoms with Crippen molar-refractivity contribution in [2.24, 2.45) is 5.92 Å². The third-order valence-electron chi connectivity index (χ3n) is 4.37. The van der Waals surface area contributed by atoms with Gasteiger partial charge in [-0.1, -0.05) is 12.1 Å². The lowest BCUT2D eigenvalue weighted by atomic mass is 9.96. The van der Waals surface area contributed by atoms with E-state index in [2.05, 4.69) is 5.32 Å². The van der Waals surface area contributed by atoms with Gasteiger partial charge in [-0.05, 0) is 37.1 Å². The molecule has 7 heteroatoms. The van der Waals surface area contributed by atoms with Crippen LogP contribution in [0.25, 0.3) is 0 Å².